The van der Waals surface area contributed by atoms with E-state index in [1.54, 1.807) is 10.8 Å². The lowest BCUT2D eigenvalue weighted by Crippen LogP contribution is -2.09. The summed E-state index contributed by atoms with van der Waals surface area (Å²) in [5.74, 6) is 0.0567. The second kappa shape index (κ2) is 3.34. The molecule has 2 aromatic rings. The summed E-state index contributed by atoms with van der Waals surface area (Å²) < 4.78 is 1.66. The van der Waals surface area contributed by atoms with E-state index in [1.807, 2.05) is 30.3 Å². The maximum atomic E-state index is 11.4. The first-order valence-electron chi connectivity index (χ1n) is 3.98. The van der Waals surface area contributed by atoms with Crippen LogP contribution in [-0.2, 0) is 0 Å². The Labute approximate surface area is 84.3 Å². The van der Waals surface area contributed by atoms with Crippen molar-refractivity contribution >= 4 is 32.7 Å². The van der Waals surface area contributed by atoms with Gasteiger partial charge in [-0.1, -0.05) is 34.1 Å². The van der Waals surface area contributed by atoms with Gasteiger partial charge in [-0.15, -0.1) is 0 Å². The van der Waals surface area contributed by atoms with Crippen molar-refractivity contribution in [2.45, 2.75) is 0 Å². The number of carbonyl (C=O) groups is 1. The molecule has 1 aromatic heterocycles. The van der Waals surface area contributed by atoms with Crippen molar-refractivity contribution < 1.29 is 4.79 Å². The molecule has 0 amide bonds. The largest absolute Gasteiger partial charge is 0.287 e. The fourth-order valence-electron chi connectivity index (χ4n) is 1.36. The first-order valence-corrected chi connectivity index (χ1v) is 5.10. The molecule has 0 spiro atoms. The zero-order valence-electron chi connectivity index (χ0n) is 6.90. The van der Waals surface area contributed by atoms with Gasteiger partial charge in [0.05, 0.1) is 10.8 Å². The highest BCUT2D eigenvalue weighted by Crippen LogP contribution is 2.14. The number of carbonyl (C=O) groups excluding carboxylic acids is 1. The van der Waals surface area contributed by atoms with Crippen molar-refractivity contribution in [3.05, 3.63) is 36.5 Å². The summed E-state index contributed by atoms with van der Waals surface area (Å²) in [6.45, 7) is 0. The zero-order chi connectivity index (χ0) is 9.26. The third kappa shape index (κ3) is 1.40. The smallest absolute Gasteiger partial charge is 0.241 e. The maximum Gasteiger partial charge on any atom is 0.241 e. The third-order valence-electron chi connectivity index (χ3n) is 1.98. The Bertz CT molecular complexity index is 447. The van der Waals surface area contributed by atoms with Crippen LogP contribution in [-0.4, -0.2) is 15.8 Å². The first-order chi connectivity index (χ1) is 6.33. The number of nitrogens with zero attached hydrogens (tertiary/aromatic N) is 1. The summed E-state index contributed by atoms with van der Waals surface area (Å²) in [5, 5.41) is 1.45. The van der Waals surface area contributed by atoms with Crippen molar-refractivity contribution in [2.75, 3.05) is 5.33 Å². The molecule has 1 heterocycles. The Morgan fingerprint density at radius 2 is 2.08 bits per heavy atom. The van der Waals surface area contributed by atoms with Crippen molar-refractivity contribution in [1.29, 1.82) is 0 Å². The van der Waals surface area contributed by atoms with Crippen LogP contribution in [0.3, 0.4) is 0 Å². The Kier molecular flexibility index (Phi) is 2.19. The van der Waals surface area contributed by atoms with Crippen LogP contribution in [0.25, 0.3) is 10.9 Å². The summed E-state index contributed by atoms with van der Waals surface area (Å²) in [6.07, 6.45) is 1.80. The average molecular weight is 238 g/mol. The van der Waals surface area contributed by atoms with E-state index in [9.17, 15) is 4.79 Å². The van der Waals surface area contributed by atoms with Crippen LogP contribution in [0.4, 0.5) is 0 Å². The van der Waals surface area contributed by atoms with E-state index in [0.717, 1.165) is 10.9 Å². The predicted molar refractivity (Wildman–Crippen MR) is 56.4 cm³/mol. The van der Waals surface area contributed by atoms with E-state index in [4.69, 9.17) is 0 Å². The lowest BCUT2D eigenvalue weighted by Gasteiger charge is -1.99. The van der Waals surface area contributed by atoms with Gasteiger partial charge < -0.3 is 0 Å². The lowest BCUT2D eigenvalue weighted by molar-refractivity contribution is 0.0948. The van der Waals surface area contributed by atoms with Gasteiger partial charge in [-0.2, -0.15) is 0 Å². The van der Waals surface area contributed by atoms with E-state index in [1.165, 1.54) is 0 Å². The van der Waals surface area contributed by atoms with Crippen LogP contribution in [0, 0.1) is 0 Å². The number of halogens is 1. The lowest BCUT2D eigenvalue weighted by atomic mass is 10.2. The second-order valence-corrected chi connectivity index (χ2v) is 3.33. The molecule has 13 heavy (non-hydrogen) atoms. The van der Waals surface area contributed by atoms with Crippen LogP contribution in [0.5, 0.6) is 0 Å². The van der Waals surface area contributed by atoms with Gasteiger partial charge in [0, 0.05) is 11.6 Å². The fourth-order valence-corrected chi connectivity index (χ4v) is 1.64. The topological polar surface area (TPSA) is 22.0 Å². The molecule has 0 aliphatic heterocycles. The quantitative estimate of drug-likeness (QED) is 0.700. The molecule has 2 rings (SSSR count). The van der Waals surface area contributed by atoms with Gasteiger partial charge in [0.2, 0.25) is 5.91 Å². The SMILES string of the molecule is O=C(CBr)n1ccc2ccccc21. The molecule has 0 unspecified atom stereocenters. The highest BCUT2D eigenvalue weighted by atomic mass is 79.9. The number of para-hydroxylation sites is 1. The molecule has 3 heteroatoms. The highest BCUT2D eigenvalue weighted by Gasteiger charge is 2.05. The number of hydrogen-bond donors (Lipinski definition) is 0. The molecule has 0 atom stereocenters. The molecule has 0 radical (unpaired) electrons. The molecule has 2 nitrogen and oxygen atoms in total. The minimum absolute atomic E-state index is 0.0567. The van der Waals surface area contributed by atoms with Gasteiger partial charge in [-0.25, -0.2) is 0 Å². The summed E-state index contributed by atoms with van der Waals surface area (Å²) in [7, 11) is 0. The number of hydrogen-bond acceptors (Lipinski definition) is 1. The minimum atomic E-state index is 0.0567. The summed E-state index contributed by atoms with van der Waals surface area (Å²) in [6, 6.07) is 9.77. The zero-order valence-corrected chi connectivity index (χ0v) is 8.49. The van der Waals surface area contributed by atoms with Gasteiger partial charge in [0.15, 0.2) is 0 Å². The van der Waals surface area contributed by atoms with Crippen LogP contribution in [0.2, 0.25) is 0 Å². The van der Waals surface area contributed by atoms with Gasteiger partial charge in [-0.3, -0.25) is 9.36 Å². The minimum Gasteiger partial charge on any atom is -0.287 e. The number of alkyl halides is 1. The molecule has 0 aliphatic rings. The Hall–Kier alpha value is -1.09. The van der Waals surface area contributed by atoms with Gasteiger partial charge in [0.25, 0.3) is 0 Å². The Morgan fingerprint density at radius 3 is 2.85 bits per heavy atom. The molecule has 0 saturated carbocycles. The monoisotopic (exact) mass is 237 g/mol. The van der Waals surface area contributed by atoms with E-state index in [2.05, 4.69) is 15.9 Å². The van der Waals surface area contributed by atoms with Crippen molar-refractivity contribution in [2.24, 2.45) is 0 Å². The summed E-state index contributed by atoms with van der Waals surface area (Å²) >= 11 is 3.15. The number of benzene rings is 1. The van der Waals surface area contributed by atoms with Crippen LogP contribution < -0.4 is 0 Å². The Morgan fingerprint density at radius 1 is 1.31 bits per heavy atom. The second-order valence-electron chi connectivity index (χ2n) is 2.77. The standard InChI is InChI=1S/C10H8BrNO/c11-7-10(13)12-6-5-8-3-1-2-4-9(8)12/h1-6H,7H2. The molecule has 66 valence electrons. The van der Waals surface area contributed by atoms with E-state index >= 15 is 0 Å². The molecular weight excluding hydrogens is 230 g/mol. The maximum absolute atomic E-state index is 11.4. The van der Waals surface area contributed by atoms with E-state index < -0.39 is 0 Å². The number of rotatable bonds is 1. The van der Waals surface area contributed by atoms with Gasteiger partial charge in [0.1, 0.15) is 0 Å². The third-order valence-corrected chi connectivity index (χ3v) is 2.46. The predicted octanol–water partition coefficient (Wildman–Crippen LogP) is 2.68. The normalized spacial score (nSPS) is 10.5. The van der Waals surface area contributed by atoms with Gasteiger partial charge >= 0.3 is 0 Å². The van der Waals surface area contributed by atoms with Crippen LogP contribution in [0.1, 0.15) is 4.79 Å². The average Bonchev–Trinajstić information content (AvgIpc) is 2.60. The summed E-state index contributed by atoms with van der Waals surface area (Å²) in [5.41, 5.74) is 0.965. The van der Waals surface area contributed by atoms with Crippen molar-refractivity contribution in [3.63, 3.8) is 0 Å². The molecule has 0 fully saturated rings. The molecule has 1 aromatic carbocycles. The fraction of sp³-hybridized carbons (Fsp3) is 0.100. The highest BCUT2D eigenvalue weighted by molar-refractivity contribution is 9.09. The summed E-state index contributed by atoms with van der Waals surface area (Å²) in [4.78, 5) is 11.4. The molecule has 0 aliphatic carbocycles. The molecule has 0 N–H and O–H groups in total. The van der Waals surface area contributed by atoms with Crippen LogP contribution in [0.15, 0.2) is 36.5 Å². The molecular formula is C10H8BrNO. The Balaban J connectivity index is 2.64. The van der Waals surface area contributed by atoms with E-state index in [0.29, 0.717) is 5.33 Å². The van der Waals surface area contributed by atoms with Crippen LogP contribution >= 0.6 is 15.9 Å². The van der Waals surface area contributed by atoms with Crippen molar-refractivity contribution in [1.82, 2.24) is 4.57 Å². The molecule has 0 saturated heterocycles. The first kappa shape index (κ1) is 8.51. The molecule has 0 bridgehead atoms. The van der Waals surface area contributed by atoms with E-state index in [-0.39, 0.29) is 5.91 Å². The number of fused-ring (bicyclic) bond motifs is 1. The van der Waals surface area contributed by atoms with Crippen molar-refractivity contribution in [3.8, 4) is 0 Å². The number of aromatic nitrogens is 1. The van der Waals surface area contributed by atoms with Gasteiger partial charge in [-0.05, 0) is 12.1 Å².